The van der Waals surface area contributed by atoms with E-state index in [4.69, 9.17) is 5.73 Å². The molecular weight excluding hydrogens is 226 g/mol. The van der Waals surface area contributed by atoms with Crippen molar-refractivity contribution < 1.29 is 4.21 Å². The highest BCUT2D eigenvalue weighted by Gasteiger charge is 2.03. The smallest absolute Gasteiger partial charge is 0.0530 e. The summed E-state index contributed by atoms with van der Waals surface area (Å²) in [5.74, 6) is 2.95. The highest BCUT2D eigenvalue weighted by atomic mass is 32.2. The van der Waals surface area contributed by atoms with Gasteiger partial charge in [0.25, 0.3) is 0 Å². The Bertz CT molecular complexity index is 328. The van der Waals surface area contributed by atoms with Crippen LogP contribution >= 0.6 is 11.8 Å². The molecule has 0 bridgehead atoms. The Morgan fingerprint density at radius 2 is 2.27 bits per heavy atom. The molecule has 2 nitrogen and oxygen atoms in total. The SMILES string of the molecule is CCSCCCS(=O)c1cccc(N)c1. The summed E-state index contributed by atoms with van der Waals surface area (Å²) >= 11 is 1.89. The Hall–Kier alpha value is -0.480. The fourth-order valence-electron chi connectivity index (χ4n) is 1.21. The largest absolute Gasteiger partial charge is 0.399 e. The van der Waals surface area contributed by atoms with Crippen molar-refractivity contribution >= 4 is 28.2 Å². The van der Waals surface area contributed by atoms with Crippen molar-refractivity contribution in [3.05, 3.63) is 24.3 Å². The van der Waals surface area contributed by atoms with E-state index in [9.17, 15) is 4.21 Å². The van der Waals surface area contributed by atoms with Crippen LogP contribution in [0.5, 0.6) is 0 Å². The van der Waals surface area contributed by atoms with E-state index in [2.05, 4.69) is 6.92 Å². The number of nitrogens with two attached hydrogens (primary N) is 1. The van der Waals surface area contributed by atoms with Crippen LogP contribution in [0.15, 0.2) is 29.2 Å². The van der Waals surface area contributed by atoms with E-state index in [1.165, 1.54) is 0 Å². The number of nitrogen functional groups attached to an aromatic ring is 1. The first-order chi connectivity index (χ1) is 7.24. The van der Waals surface area contributed by atoms with Crippen LogP contribution in [0.2, 0.25) is 0 Å². The summed E-state index contributed by atoms with van der Waals surface area (Å²) in [6.07, 6.45) is 1.000. The number of hydrogen-bond acceptors (Lipinski definition) is 3. The van der Waals surface area contributed by atoms with Crippen molar-refractivity contribution in [1.82, 2.24) is 0 Å². The first-order valence-electron chi connectivity index (χ1n) is 5.05. The molecule has 1 rings (SSSR count). The van der Waals surface area contributed by atoms with Crippen molar-refractivity contribution in [2.75, 3.05) is 23.0 Å². The van der Waals surface area contributed by atoms with E-state index in [-0.39, 0.29) is 0 Å². The molecule has 0 radical (unpaired) electrons. The van der Waals surface area contributed by atoms with Crippen LogP contribution in [0, 0.1) is 0 Å². The van der Waals surface area contributed by atoms with Gasteiger partial charge in [-0.25, -0.2) is 0 Å². The summed E-state index contributed by atoms with van der Waals surface area (Å²) in [6.45, 7) is 2.14. The molecule has 0 fully saturated rings. The highest BCUT2D eigenvalue weighted by Crippen LogP contribution is 2.12. The van der Waals surface area contributed by atoms with Crippen molar-refractivity contribution in [1.29, 1.82) is 0 Å². The molecule has 1 atom stereocenters. The van der Waals surface area contributed by atoms with Crippen LogP contribution < -0.4 is 5.73 Å². The van der Waals surface area contributed by atoms with Gasteiger partial charge in [0.2, 0.25) is 0 Å². The van der Waals surface area contributed by atoms with Gasteiger partial charge in [-0.2, -0.15) is 11.8 Å². The van der Waals surface area contributed by atoms with Crippen molar-refractivity contribution in [3.63, 3.8) is 0 Å². The topological polar surface area (TPSA) is 43.1 Å². The number of anilines is 1. The van der Waals surface area contributed by atoms with Gasteiger partial charge >= 0.3 is 0 Å². The summed E-state index contributed by atoms with van der Waals surface area (Å²) in [4.78, 5) is 0.844. The summed E-state index contributed by atoms with van der Waals surface area (Å²) in [6, 6.07) is 7.33. The zero-order valence-electron chi connectivity index (χ0n) is 8.94. The van der Waals surface area contributed by atoms with Crippen LogP contribution in [0.4, 0.5) is 5.69 Å². The fraction of sp³-hybridized carbons (Fsp3) is 0.455. The molecule has 0 heterocycles. The predicted octanol–water partition coefficient (Wildman–Crippen LogP) is 2.52. The Balaban J connectivity index is 2.40. The summed E-state index contributed by atoms with van der Waals surface area (Å²) in [5, 5.41) is 0. The Labute approximate surface area is 98.1 Å². The third-order valence-electron chi connectivity index (χ3n) is 1.94. The minimum absolute atomic E-state index is 0.684. The second-order valence-corrected chi connectivity index (χ2v) is 6.14. The van der Waals surface area contributed by atoms with Crippen LogP contribution in [-0.4, -0.2) is 21.5 Å². The Morgan fingerprint density at radius 3 is 2.93 bits per heavy atom. The maximum absolute atomic E-state index is 11.8. The maximum Gasteiger partial charge on any atom is 0.0530 e. The van der Waals surface area contributed by atoms with Gasteiger partial charge in [0.05, 0.1) is 10.8 Å². The van der Waals surface area contributed by atoms with Gasteiger partial charge in [-0.15, -0.1) is 0 Å². The number of benzene rings is 1. The molecule has 15 heavy (non-hydrogen) atoms. The lowest BCUT2D eigenvalue weighted by molar-refractivity contribution is 0.682. The van der Waals surface area contributed by atoms with Crippen LogP contribution in [0.1, 0.15) is 13.3 Å². The Kier molecular flexibility index (Phi) is 5.79. The van der Waals surface area contributed by atoms with E-state index in [0.29, 0.717) is 5.69 Å². The average molecular weight is 243 g/mol. The molecule has 0 aliphatic rings. The van der Waals surface area contributed by atoms with Gasteiger partial charge in [0, 0.05) is 16.3 Å². The van der Waals surface area contributed by atoms with E-state index >= 15 is 0 Å². The zero-order valence-corrected chi connectivity index (χ0v) is 10.6. The third kappa shape index (κ3) is 4.71. The molecule has 1 unspecified atom stereocenters. The van der Waals surface area contributed by atoms with Gasteiger partial charge in [0.1, 0.15) is 0 Å². The molecule has 84 valence electrons. The van der Waals surface area contributed by atoms with Crippen LogP contribution in [0.3, 0.4) is 0 Å². The molecule has 4 heteroatoms. The molecule has 0 aromatic heterocycles. The second kappa shape index (κ2) is 6.90. The van der Waals surface area contributed by atoms with Gasteiger partial charge in [-0.05, 0) is 36.1 Å². The monoisotopic (exact) mass is 243 g/mol. The fourth-order valence-corrected chi connectivity index (χ4v) is 3.17. The van der Waals surface area contributed by atoms with E-state index in [0.717, 1.165) is 28.6 Å². The first kappa shape index (κ1) is 12.6. The lowest BCUT2D eigenvalue weighted by Crippen LogP contribution is -2.00. The summed E-state index contributed by atoms with van der Waals surface area (Å²) < 4.78 is 11.8. The molecule has 2 N–H and O–H groups in total. The third-order valence-corrected chi connectivity index (χ3v) is 4.37. The molecule has 0 aliphatic carbocycles. The van der Waals surface area contributed by atoms with Crippen LogP contribution in [0.25, 0.3) is 0 Å². The Morgan fingerprint density at radius 1 is 1.47 bits per heavy atom. The molecule has 0 amide bonds. The van der Waals surface area contributed by atoms with E-state index in [1.807, 2.05) is 30.0 Å². The van der Waals surface area contributed by atoms with Gasteiger partial charge in [-0.1, -0.05) is 13.0 Å². The number of rotatable bonds is 6. The summed E-state index contributed by atoms with van der Waals surface area (Å²) in [5.41, 5.74) is 6.32. The quantitative estimate of drug-likeness (QED) is 0.617. The molecule has 1 aromatic carbocycles. The van der Waals surface area contributed by atoms with Crippen molar-refractivity contribution in [3.8, 4) is 0 Å². The van der Waals surface area contributed by atoms with Crippen molar-refractivity contribution in [2.24, 2.45) is 0 Å². The minimum Gasteiger partial charge on any atom is -0.399 e. The van der Waals surface area contributed by atoms with Crippen LogP contribution in [-0.2, 0) is 10.8 Å². The molecule has 0 saturated carbocycles. The van der Waals surface area contributed by atoms with Gasteiger partial charge in [-0.3, -0.25) is 4.21 Å². The molecule has 0 spiro atoms. The second-order valence-electron chi connectivity index (χ2n) is 3.17. The van der Waals surface area contributed by atoms with Crippen molar-refractivity contribution in [2.45, 2.75) is 18.2 Å². The normalized spacial score (nSPS) is 12.6. The number of thioether (sulfide) groups is 1. The summed E-state index contributed by atoms with van der Waals surface area (Å²) in [7, 11) is -0.890. The highest BCUT2D eigenvalue weighted by molar-refractivity contribution is 7.99. The average Bonchev–Trinajstić information content (AvgIpc) is 2.24. The van der Waals surface area contributed by atoms with Gasteiger partial charge in [0.15, 0.2) is 0 Å². The molecule has 1 aromatic rings. The number of hydrogen-bond donors (Lipinski definition) is 1. The minimum atomic E-state index is -0.890. The molecule has 0 saturated heterocycles. The zero-order chi connectivity index (χ0) is 11.1. The first-order valence-corrected chi connectivity index (χ1v) is 7.53. The van der Waals surface area contributed by atoms with E-state index < -0.39 is 10.8 Å². The van der Waals surface area contributed by atoms with E-state index in [1.54, 1.807) is 6.07 Å². The lowest BCUT2D eigenvalue weighted by atomic mass is 10.3. The standard InChI is InChI=1S/C11H17NOS2/c1-2-14-7-4-8-15(13)11-6-3-5-10(12)9-11/h3,5-6,9H,2,4,7-8,12H2,1H3. The maximum atomic E-state index is 11.8. The lowest BCUT2D eigenvalue weighted by Gasteiger charge is -2.02. The molecule has 0 aliphatic heterocycles. The van der Waals surface area contributed by atoms with Gasteiger partial charge < -0.3 is 5.73 Å². The molecular formula is C11H17NOS2. The predicted molar refractivity (Wildman–Crippen MR) is 69.7 cm³/mol.